The molecule has 0 bridgehead atoms. The van der Waals surface area contributed by atoms with E-state index >= 15 is 0 Å². The molecule has 0 aliphatic heterocycles. The van der Waals surface area contributed by atoms with E-state index in [4.69, 9.17) is 5.73 Å². The van der Waals surface area contributed by atoms with E-state index in [1.165, 1.54) is 0 Å². The number of nitrogens with two attached hydrogens (primary N) is 1. The van der Waals surface area contributed by atoms with Crippen LogP contribution in [0.4, 0.5) is 0 Å². The Labute approximate surface area is 62.1 Å². The summed E-state index contributed by atoms with van der Waals surface area (Å²) in [5, 5.41) is 0. The molecule has 0 aromatic carbocycles. The molecule has 0 aliphatic carbocycles. The minimum absolute atomic E-state index is 0.0440. The van der Waals surface area contributed by atoms with Gasteiger partial charge in [0.1, 0.15) is 0 Å². The Hall–Kier alpha value is -0.790. The highest BCUT2D eigenvalue weighted by Crippen LogP contribution is 2.14. The Morgan fingerprint density at radius 1 is 1.70 bits per heavy atom. The lowest BCUT2D eigenvalue weighted by molar-refractivity contribution is -0.122. The monoisotopic (exact) mass is 141 g/mol. The molecule has 10 heavy (non-hydrogen) atoms. The molecule has 2 nitrogen and oxygen atoms in total. The minimum atomic E-state index is -0.227. The average Bonchev–Trinajstić information content (AvgIpc) is 1.81. The first-order valence-corrected chi connectivity index (χ1v) is 3.49. The predicted molar refractivity (Wildman–Crippen MR) is 42.3 cm³/mol. The fraction of sp³-hybridized carbons (Fsp3) is 0.625. The van der Waals surface area contributed by atoms with Gasteiger partial charge in [0.25, 0.3) is 0 Å². The van der Waals surface area contributed by atoms with Crippen molar-refractivity contribution in [1.29, 1.82) is 0 Å². The first-order chi connectivity index (χ1) is 4.59. The van der Waals surface area contributed by atoms with Crippen molar-refractivity contribution in [3.63, 3.8) is 0 Å². The molecular weight excluding hydrogens is 126 g/mol. The normalized spacial score (nSPS) is 13.1. The first kappa shape index (κ1) is 9.21. The molecular formula is C8H15NO. The van der Waals surface area contributed by atoms with Crippen molar-refractivity contribution in [1.82, 2.24) is 0 Å². The summed E-state index contributed by atoms with van der Waals surface area (Å²) in [4.78, 5) is 10.7. The van der Waals surface area contributed by atoms with Crippen LogP contribution in [0, 0.1) is 11.8 Å². The standard InChI is InChI=1S/C8H15NO/c1-4-5-7(6(2)3)8(9)10/h4,6-7H,1,5H2,2-3H3,(H2,9,10). The summed E-state index contributed by atoms with van der Waals surface area (Å²) in [5.41, 5.74) is 5.14. The first-order valence-electron chi connectivity index (χ1n) is 3.49. The second kappa shape index (κ2) is 4.09. The van der Waals surface area contributed by atoms with E-state index in [2.05, 4.69) is 6.58 Å². The Balaban J connectivity index is 3.97. The number of hydrogen-bond donors (Lipinski definition) is 1. The van der Waals surface area contributed by atoms with Crippen molar-refractivity contribution in [2.75, 3.05) is 0 Å². The number of primary amides is 1. The topological polar surface area (TPSA) is 43.1 Å². The zero-order valence-corrected chi connectivity index (χ0v) is 6.63. The van der Waals surface area contributed by atoms with Crippen molar-refractivity contribution < 1.29 is 4.79 Å². The predicted octanol–water partition coefficient (Wildman–Crippen LogP) is 1.32. The smallest absolute Gasteiger partial charge is 0.221 e. The summed E-state index contributed by atoms with van der Waals surface area (Å²) in [5.74, 6) is 0.0444. The lowest BCUT2D eigenvalue weighted by atomic mass is 9.92. The Bertz CT molecular complexity index is 129. The third-order valence-electron chi connectivity index (χ3n) is 1.59. The summed E-state index contributed by atoms with van der Waals surface area (Å²) in [6, 6.07) is 0. The van der Waals surface area contributed by atoms with Crippen LogP contribution in [0.3, 0.4) is 0 Å². The zero-order chi connectivity index (χ0) is 8.15. The summed E-state index contributed by atoms with van der Waals surface area (Å²) >= 11 is 0. The zero-order valence-electron chi connectivity index (χ0n) is 6.63. The van der Waals surface area contributed by atoms with Gasteiger partial charge in [-0.05, 0) is 12.3 Å². The Morgan fingerprint density at radius 2 is 2.20 bits per heavy atom. The van der Waals surface area contributed by atoms with Crippen LogP contribution in [0.1, 0.15) is 20.3 Å². The van der Waals surface area contributed by atoms with E-state index in [9.17, 15) is 4.79 Å². The van der Waals surface area contributed by atoms with Gasteiger partial charge in [0.05, 0.1) is 0 Å². The molecule has 0 aromatic heterocycles. The molecule has 0 saturated carbocycles. The van der Waals surface area contributed by atoms with Crippen molar-refractivity contribution in [2.24, 2.45) is 17.6 Å². The largest absolute Gasteiger partial charge is 0.369 e. The number of allylic oxidation sites excluding steroid dienone is 1. The van der Waals surface area contributed by atoms with E-state index in [1.54, 1.807) is 6.08 Å². The minimum Gasteiger partial charge on any atom is -0.369 e. The lowest BCUT2D eigenvalue weighted by Crippen LogP contribution is -2.26. The highest BCUT2D eigenvalue weighted by Gasteiger charge is 2.16. The molecule has 1 unspecified atom stereocenters. The van der Waals surface area contributed by atoms with Crippen LogP contribution in [0.2, 0.25) is 0 Å². The second-order valence-electron chi connectivity index (χ2n) is 2.78. The maximum Gasteiger partial charge on any atom is 0.221 e. The molecule has 1 atom stereocenters. The average molecular weight is 141 g/mol. The van der Waals surface area contributed by atoms with Gasteiger partial charge in [-0.3, -0.25) is 4.79 Å². The van der Waals surface area contributed by atoms with Crippen molar-refractivity contribution in [3.05, 3.63) is 12.7 Å². The van der Waals surface area contributed by atoms with Crippen molar-refractivity contribution >= 4 is 5.91 Å². The summed E-state index contributed by atoms with van der Waals surface area (Å²) in [7, 11) is 0. The summed E-state index contributed by atoms with van der Waals surface area (Å²) in [6.45, 7) is 7.53. The Morgan fingerprint density at radius 3 is 2.30 bits per heavy atom. The van der Waals surface area contributed by atoms with Gasteiger partial charge in [-0.25, -0.2) is 0 Å². The number of carbonyl (C=O) groups is 1. The fourth-order valence-electron chi connectivity index (χ4n) is 0.896. The van der Waals surface area contributed by atoms with E-state index in [0.29, 0.717) is 12.3 Å². The molecule has 0 spiro atoms. The number of carbonyl (C=O) groups excluding carboxylic acids is 1. The molecule has 0 aromatic rings. The Kier molecular flexibility index (Phi) is 3.77. The van der Waals surface area contributed by atoms with Gasteiger partial charge >= 0.3 is 0 Å². The molecule has 0 radical (unpaired) electrons. The van der Waals surface area contributed by atoms with Crippen molar-refractivity contribution in [2.45, 2.75) is 20.3 Å². The number of amides is 1. The maximum absolute atomic E-state index is 10.7. The van der Waals surface area contributed by atoms with Crippen LogP contribution in [0.15, 0.2) is 12.7 Å². The van der Waals surface area contributed by atoms with Crippen LogP contribution < -0.4 is 5.73 Å². The fourth-order valence-corrected chi connectivity index (χ4v) is 0.896. The molecule has 0 fully saturated rings. The summed E-state index contributed by atoms with van der Waals surface area (Å²) in [6.07, 6.45) is 2.42. The number of rotatable bonds is 4. The van der Waals surface area contributed by atoms with Gasteiger partial charge in [-0.2, -0.15) is 0 Å². The van der Waals surface area contributed by atoms with Crippen LogP contribution >= 0.6 is 0 Å². The van der Waals surface area contributed by atoms with E-state index < -0.39 is 0 Å². The molecule has 0 aliphatic rings. The third-order valence-corrected chi connectivity index (χ3v) is 1.59. The van der Waals surface area contributed by atoms with E-state index in [0.717, 1.165) is 0 Å². The molecule has 0 heterocycles. The van der Waals surface area contributed by atoms with E-state index in [-0.39, 0.29) is 11.8 Å². The summed E-state index contributed by atoms with van der Waals surface area (Å²) < 4.78 is 0. The third kappa shape index (κ3) is 2.67. The molecule has 1 amide bonds. The molecule has 0 rings (SSSR count). The highest BCUT2D eigenvalue weighted by atomic mass is 16.1. The van der Waals surface area contributed by atoms with Gasteiger partial charge in [0.15, 0.2) is 0 Å². The SMILES string of the molecule is C=CCC(C(N)=O)C(C)C. The van der Waals surface area contributed by atoms with Crippen LogP contribution in [0.5, 0.6) is 0 Å². The van der Waals surface area contributed by atoms with Crippen LogP contribution in [-0.2, 0) is 4.79 Å². The van der Waals surface area contributed by atoms with Gasteiger partial charge in [-0.1, -0.05) is 19.9 Å². The molecule has 2 N–H and O–H groups in total. The van der Waals surface area contributed by atoms with Crippen molar-refractivity contribution in [3.8, 4) is 0 Å². The maximum atomic E-state index is 10.7. The van der Waals surface area contributed by atoms with Gasteiger partial charge in [0.2, 0.25) is 5.91 Å². The molecule has 58 valence electrons. The van der Waals surface area contributed by atoms with Gasteiger partial charge in [-0.15, -0.1) is 6.58 Å². The molecule has 2 heteroatoms. The second-order valence-corrected chi connectivity index (χ2v) is 2.78. The van der Waals surface area contributed by atoms with Crippen LogP contribution in [-0.4, -0.2) is 5.91 Å². The van der Waals surface area contributed by atoms with Gasteiger partial charge < -0.3 is 5.73 Å². The molecule has 0 saturated heterocycles. The van der Waals surface area contributed by atoms with Gasteiger partial charge in [0, 0.05) is 5.92 Å². The van der Waals surface area contributed by atoms with E-state index in [1.807, 2.05) is 13.8 Å². The highest BCUT2D eigenvalue weighted by molar-refractivity contribution is 5.77. The lowest BCUT2D eigenvalue weighted by Gasteiger charge is -2.13. The number of hydrogen-bond acceptors (Lipinski definition) is 1. The van der Waals surface area contributed by atoms with Crippen LogP contribution in [0.25, 0.3) is 0 Å². The quantitative estimate of drug-likeness (QED) is 0.589.